The van der Waals surface area contributed by atoms with E-state index in [0.29, 0.717) is 60.0 Å². The highest BCUT2D eigenvalue weighted by molar-refractivity contribution is 6.32. The zero-order valence-electron chi connectivity index (χ0n) is 16.1. The number of amides is 1. The van der Waals surface area contributed by atoms with Gasteiger partial charge < -0.3 is 19.1 Å². The molecule has 3 atom stereocenters. The van der Waals surface area contributed by atoms with Crippen LogP contribution >= 0.6 is 11.6 Å². The van der Waals surface area contributed by atoms with Gasteiger partial charge in [0.25, 0.3) is 5.79 Å². The molecule has 0 N–H and O–H groups in total. The molecule has 1 aliphatic carbocycles. The molecule has 2 heterocycles. The molecule has 4 rings (SSSR count). The number of fused-ring (bicyclic) bond motifs is 1. The third-order valence-electron chi connectivity index (χ3n) is 6.03. The van der Waals surface area contributed by atoms with E-state index in [1.54, 1.807) is 11.8 Å². The van der Waals surface area contributed by atoms with Crippen molar-refractivity contribution in [1.82, 2.24) is 4.90 Å². The summed E-state index contributed by atoms with van der Waals surface area (Å²) in [5.41, 5.74) is 0.954. The monoisotopic (exact) mass is 411 g/mol. The Morgan fingerprint density at radius 3 is 2.46 bits per heavy atom. The van der Waals surface area contributed by atoms with Crippen LogP contribution in [0.1, 0.15) is 42.1 Å². The summed E-state index contributed by atoms with van der Waals surface area (Å²) in [6.45, 7) is 4.71. The summed E-state index contributed by atoms with van der Waals surface area (Å²) in [7, 11) is 1.31. The van der Waals surface area contributed by atoms with E-state index in [-0.39, 0.29) is 11.8 Å². The smallest absolute Gasteiger partial charge is 0.338 e. The van der Waals surface area contributed by atoms with Crippen molar-refractivity contribution >= 4 is 23.5 Å². The van der Waals surface area contributed by atoms with Crippen molar-refractivity contribution in [3.8, 4) is 11.5 Å². The lowest BCUT2D eigenvalue weighted by molar-refractivity contribution is -0.144. The van der Waals surface area contributed by atoms with Crippen molar-refractivity contribution in [2.24, 2.45) is 11.8 Å². The number of likely N-dealkylation sites (tertiary alicyclic amines) is 1. The van der Waals surface area contributed by atoms with E-state index in [2.05, 4.69) is 0 Å². The van der Waals surface area contributed by atoms with Gasteiger partial charge in [-0.15, -0.1) is 0 Å². The van der Waals surface area contributed by atoms with E-state index in [1.807, 2.05) is 6.92 Å². The standard InChI is InChI=1S/C20H23ClFNO5/c1-10-12(19(25)26-3)8-14(21)17-16(10)27-20(2,28-17)11-4-6-23(7-5-11)18(24)13-9-15(13)22/h8,11,13,15H,4-7,9H2,1-3H3/t13-,15+,20?/m1/s1. The van der Waals surface area contributed by atoms with Crippen molar-refractivity contribution in [2.45, 2.75) is 45.1 Å². The van der Waals surface area contributed by atoms with E-state index in [9.17, 15) is 14.0 Å². The maximum absolute atomic E-state index is 13.2. The van der Waals surface area contributed by atoms with Crippen molar-refractivity contribution in [2.75, 3.05) is 20.2 Å². The zero-order chi connectivity index (χ0) is 20.2. The molecular formula is C20H23ClFNO5. The average Bonchev–Trinajstić information content (AvgIpc) is 3.30. The van der Waals surface area contributed by atoms with Crippen LogP contribution in [0.2, 0.25) is 5.02 Å². The number of ether oxygens (including phenoxy) is 3. The number of benzene rings is 1. The Bertz CT molecular complexity index is 838. The second-order valence-corrected chi connectivity index (χ2v) is 8.27. The molecule has 1 amide bonds. The number of hydrogen-bond acceptors (Lipinski definition) is 5. The molecule has 1 aromatic rings. The van der Waals surface area contributed by atoms with Gasteiger partial charge in [0.2, 0.25) is 5.91 Å². The third-order valence-corrected chi connectivity index (χ3v) is 6.31. The highest BCUT2D eigenvalue weighted by atomic mass is 35.5. The van der Waals surface area contributed by atoms with E-state index in [0.717, 1.165) is 0 Å². The average molecular weight is 412 g/mol. The van der Waals surface area contributed by atoms with Gasteiger partial charge in [-0.3, -0.25) is 4.79 Å². The normalized spacial score (nSPS) is 29.0. The molecule has 28 heavy (non-hydrogen) atoms. The number of carbonyl (C=O) groups excluding carboxylic acids is 2. The Hall–Kier alpha value is -2.02. The van der Waals surface area contributed by atoms with Crippen LogP contribution in [-0.4, -0.2) is 48.9 Å². The number of piperidine rings is 1. The number of carbonyl (C=O) groups is 2. The van der Waals surface area contributed by atoms with Gasteiger partial charge in [-0.05, 0) is 32.3 Å². The fourth-order valence-electron chi connectivity index (χ4n) is 4.11. The lowest BCUT2D eigenvalue weighted by Crippen LogP contribution is -2.50. The second kappa shape index (κ2) is 6.79. The minimum atomic E-state index is -0.979. The molecule has 0 bridgehead atoms. The van der Waals surface area contributed by atoms with E-state index in [1.165, 1.54) is 13.2 Å². The van der Waals surface area contributed by atoms with Crippen LogP contribution in [0.4, 0.5) is 4.39 Å². The topological polar surface area (TPSA) is 65.1 Å². The molecule has 1 unspecified atom stereocenters. The summed E-state index contributed by atoms with van der Waals surface area (Å²) in [6, 6.07) is 1.53. The molecule has 1 saturated heterocycles. The molecule has 1 saturated carbocycles. The number of halogens is 2. The number of methoxy groups -OCH3 is 1. The number of nitrogens with zero attached hydrogens (tertiary/aromatic N) is 1. The van der Waals surface area contributed by atoms with E-state index < -0.39 is 23.8 Å². The minimum absolute atomic E-state index is 0.0290. The van der Waals surface area contributed by atoms with Crippen LogP contribution in [0.15, 0.2) is 6.07 Å². The summed E-state index contributed by atoms with van der Waals surface area (Å²) in [5.74, 6) is -1.07. The van der Waals surface area contributed by atoms with Gasteiger partial charge in [0, 0.05) is 31.5 Å². The predicted molar refractivity (Wildman–Crippen MR) is 99.5 cm³/mol. The second-order valence-electron chi connectivity index (χ2n) is 7.86. The Kier molecular flexibility index (Phi) is 4.68. The first-order valence-corrected chi connectivity index (χ1v) is 9.85. The van der Waals surface area contributed by atoms with E-state index >= 15 is 0 Å². The Morgan fingerprint density at radius 1 is 1.29 bits per heavy atom. The molecule has 0 spiro atoms. The van der Waals surface area contributed by atoms with Crippen LogP contribution in [-0.2, 0) is 9.53 Å². The number of esters is 1. The van der Waals surface area contributed by atoms with Gasteiger partial charge in [0.15, 0.2) is 11.5 Å². The van der Waals surface area contributed by atoms with E-state index in [4.69, 9.17) is 25.8 Å². The first-order valence-electron chi connectivity index (χ1n) is 9.47. The molecule has 0 radical (unpaired) electrons. The first kappa shape index (κ1) is 19.3. The summed E-state index contributed by atoms with van der Waals surface area (Å²) >= 11 is 6.33. The molecule has 3 aliphatic rings. The van der Waals surface area contributed by atoms with Gasteiger partial charge in [-0.1, -0.05) is 11.6 Å². The van der Waals surface area contributed by atoms with Crippen molar-refractivity contribution in [1.29, 1.82) is 0 Å². The number of hydrogen-bond donors (Lipinski definition) is 0. The summed E-state index contributed by atoms with van der Waals surface area (Å²) in [6.07, 6.45) is 0.729. The highest BCUT2D eigenvalue weighted by Gasteiger charge is 2.50. The molecule has 2 fully saturated rings. The Morgan fingerprint density at radius 2 is 1.89 bits per heavy atom. The molecule has 1 aromatic carbocycles. The molecule has 2 aliphatic heterocycles. The maximum Gasteiger partial charge on any atom is 0.338 e. The molecule has 152 valence electrons. The lowest BCUT2D eigenvalue weighted by Gasteiger charge is -2.38. The molecular weight excluding hydrogens is 389 g/mol. The SMILES string of the molecule is COC(=O)c1cc(Cl)c2c(c1C)OC(C)(C1CCN(C(=O)[C@@H]3C[C@@H]3F)CC1)O2. The van der Waals surface area contributed by atoms with Crippen LogP contribution in [0.5, 0.6) is 11.5 Å². The molecule has 8 heteroatoms. The first-order chi connectivity index (χ1) is 13.2. The summed E-state index contributed by atoms with van der Waals surface area (Å²) in [4.78, 5) is 26.0. The number of alkyl halides is 1. The Balaban J connectivity index is 1.49. The van der Waals surface area contributed by atoms with Gasteiger partial charge in [-0.2, -0.15) is 0 Å². The lowest BCUT2D eigenvalue weighted by atomic mass is 9.89. The zero-order valence-corrected chi connectivity index (χ0v) is 16.8. The number of rotatable bonds is 3. The third kappa shape index (κ3) is 3.09. The van der Waals surface area contributed by atoms with Gasteiger partial charge in [0.05, 0.1) is 23.6 Å². The fraction of sp³-hybridized carbons (Fsp3) is 0.600. The van der Waals surface area contributed by atoms with Crippen molar-refractivity contribution in [3.05, 3.63) is 22.2 Å². The van der Waals surface area contributed by atoms with Crippen LogP contribution < -0.4 is 9.47 Å². The highest BCUT2D eigenvalue weighted by Crippen LogP contribution is 2.51. The summed E-state index contributed by atoms with van der Waals surface area (Å²) in [5, 5.41) is 0.292. The van der Waals surface area contributed by atoms with Crippen LogP contribution in [0.25, 0.3) is 0 Å². The maximum atomic E-state index is 13.2. The quantitative estimate of drug-likeness (QED) is 0.712. The summed E-state index contributed by atoms with van der Waals surface area (Å²) < 4.78 is 30.3. The van der Waals surface area contributed by atoms with Crippen molar-refractivity contribution < 1.29 is 28.2 Å². The van der Waals surface area contributed by atoms with Crippen LogP contribution in [0, 0.1) is 18.8 Å². The fourth-order valence-corrected chi connectivity index (χ4v) is 4.35. The van der Waals surface area contributed by atoms with Gasteiger partial charge in [0.1, 0.15) is 6.17 Å². The minimum Gasteiger partial charge on any atom is -0.465 e. The van der Waals surface area contributed by atoms with Gasteiger partial charge in [-0.25, -0.2) is 9.18 Å². The molecule has 0 aromatic heterocycles. The predicted octanol–water partition coefficient (Wildman–Crippen LogP) is 3.52. The molecule has 6 nitrogen and oxygen atoms in total. The van der Waals surface area contributed by atoms with Gasteiger partial charge >= 0.3 is 5.97 Å². The Labute approximate surface area is 167 Å². The van der Waals surface area contributed by atoms with Crippen molar-refractivity contribution in [3.63, 3.8) is 0 Å². The largest absolute Gasteiger partial charge is 0.465 e. The van der Waals surface area contributed by atoms with Crippen LogP contribution in [0.3, 0.4) is 0 Å².